The minimum Gasteiger partial charge on any atom is -0.467 e. The lowest BCUT2D eigenvalue weighted by Crippen LogP contribution is -2.40. The van der Waals surface area contributed by atoms with E-state index in [-0.39, 0.29) is 0 Å². The summed E-state index contributed by atoms with van der Waals surface area (Å²) in [6.45, 7) is 5.81. The van der Waals surface area contributed by atoms with E-state index in [0.717, 1.165) is 18.4 Å². The highest BCUT2D eigenvalue weighted by molar-refractivity contribution is 5.07. The van der Waals surface area contributed by atoms with Crippen LogP contribution in [0.25, 0.3) is 0 Å². The van der Waals surface area contributed by atoms with Crippen LogP contribution in [-0.2, 0) is 6.54 Å². The number of methoxy groups -OCH3 is 1. The standard InChI is InChI=1S/C16H26N4O/c1-21-16-18-9-13(10-19-16)12-20-7-4-14(5-8-20)15-3-2-6-17-11-15/h9-10,14-15,17H,2-8,11-12H2,1H3. The van der Waals surface area contributed by atoms with Gasteiger partial charge >= 0.3 is 6.01 Å². The molecule has 0 saturated carbocycles. The van der Waals surface area contributed by atoms with Crippen LogP contribution in [0.2, 0.25) is 0 Å². The van der Waals surface area contributed by atoms with Crippen LogP contribution in [0.15, 0.2) is 12.4 Å². The molecule has 1 N–H and O–H groups in total. The summed E-state index contributed by atoms with van der Waals surface area (Å²) < 4.78 is 5.00. The van der Waals surface area contributed by atoms with Gasteiger partial charge in [0.1, 0.15) is 0 Å². The summed E-state index contributed by atoms with van der Waals surface area (Å²) in [4.78, 5) is 10.9. The number of rotatable bonds is 4. The Morgan fingerprint density at radius 2 is 1.95 bits per heavy atom. The first kappa shape index (κ1) is 14.7. The van der Waals surface area contributed by atoms with Gasteiger partial charge in [-0.05, 0) is 63.7 Å². The zero-order chi connectivity index (χ0) is 14.5. The molecule has 1 aromatic rings. The van der Waals surface area contributed by atoms with Gasteiger partial charge in [0, 0.05) is 24.5 Å². The average molecular weight is 290 g/mol. The van der Waals surface area contributed by atoms with Crippen molar-refractivity contribution in [3.63, 3.8) is 0 Å². The maximum Gasteiger partial charge on any atom is 0.316 e. The minimum atomic E-state index is 0.447. The molecule has 0 bridgehead atoms. The number of nitrogens with one attached hydrogen (secondary N) is 1. The zero-order valence-electron chi connectivity index (χ0n) is 12.9. The predicted molar refractivity (Wildman–Crippen MR) is 82.2 cm³/mol. The lowest BCUT2D eigenvalue weighted by atomic mass is 9.80. The molecule has 116 valence electrons. The first-order valence-corrected chi connectivity index (χ1v) is 8.13. The van der Waals surface area contributed by atoms with Crippen molar-refractivity contribution in [2.75, 3.05) is 33.3 Å². The van der Waals surface area contributed by atoms with E-state index < -0.39 is 0 Å². The molecule has 0 aliphatic carbocycles. The fraction of sp³-hybridized carbons (Fsp3) is 0.750. The number of piperidine rings is 2. The van der Waals surface area contributed by atoms with E-state index in [1.165, 1.54) is 57.4 Å². The van der Waals surface area contributed by atoms with E-state index >= 15 is 0 Å². The third kappa shape index (κ3) is 3.92. The van der Waals surface area contributed by atoms with Gasteiger partial charge in [0.2, 0.25) is 0 Å². The number of ether oxygens (including phenoxy) is 1. The summed E-state index contributed by atoms with van der Waals surface area (Å²) in [7, 11) is 1.60. The van der Waals surface area contributed by atoms with Gasteiger partial charge in [-0.1, -0.05) is 0 Å². The van der Waals surface area contributed by atoms with E-state index in [1.807, 2.05) is 12.4 Å². The third-order valence-corrected chi connectivity index (χ3v) is 4.90. The average Bonchev–Trinajstić information content (AvgIpc) is 2.57. The van der Waals surface area contributed by atoms with Crippen LogP contribution in [0.3, 0.4) is 0 Å². The Morgan fingerprint density at radius 1 is 1.19 bits per heavy atom. The maximum atomic E-state index is 5.00. The summed E-state index contributed by atoms with van der Waals surface area (Å²) in [5.41, 5.74) is 1.17. The summed E-state index contributed by atoms with van der Waals surface area (Å²) in [5.74, 6) is 1.83. The van der Waals surface area contributed by atoms with Crippen LogP contribution in [0.5, 0.6) is 6.01 Å². The number of aromatic nitrogens is 2. The van der Waals surface area contributed by atoms with Crippen molar-refractivity contribution in [2.45, 2.75) is 32.2 Å². The Hall–Kier alpha value is -1.20. The van der Waals surface area contributed by atoms with Crippen LogP contribution in [0, 0.1) is 11.8 Å². The Bertz CT molecular complexity index is 422. The Morgan fingerprint density at radius 3 is 2.57 bits per heavy atom. The summed E-state index contributed by atoms with van der Waals surface area (Å²) in [5, 5.41) is 3.55. The van der Waals surface area contributed by atoms with E-state index in [0.29, 0.717) is 6.01 Å². The molecule has 1 atom stereocenters. The number of hydrogen-bond acceptors (Lipinski definition) is 5. The molecule has 2 fully saturated rings. The SMILES string of the molecule is COc1ncc(CN2CCC(C3CCCNC3)CC2)cn1. The molecule has 3 heterocycles. The first-order chi connectivity index (χ1) is 10.3. The molecule has 1 aromatic heterocycles. The third-order valence-electron chi connectivity index (χ3n) is 4.90. The quantitative estimate of drug-likeness (QED) is 0.914. The van der Waals surface area contributed by atoms with Gasteiger partial charge in [-0.3, -0.25) is 4.90 Å². The highest BCUT2D eigenvalue weighted by Gasteiger charge is 2.27. The zero-order valence-corrected chi connectivity index (χ0v) is 12.9. The van der Waals surface area contributed by atoms with Crippen LogP contribution < -0.4 is 10.1 Å². The van der Waals surface area contributed by atoms with E-state index in [1.54, 1.807) is 7.11 Å². The lowest BCUT2D eigenvalue weighted by Gasteiger charge is -2.37. The fourth-order valence-electron chi connectivity index (χ4n) is 3.65. The fourth-order valence-corrected chi connectivity index (χ4v) is 3.65. The van der Waals surface area contributed by atoms with Crippen LogP contribution in [-0.4, -0.2) is 48.2 Å². The van der Waals surface area contributed by atoms with Crippen molar-refractivity contribution >= 4 is 0 Å². The Balaban J connectivity index is 1.46. The smallest absolute Gasteiger partial charge is 0.316 e. The van der Waals surface area contributed by atoms with E-state index in [9.17, 15) is 0 Å². The second kappa shape index (κ2) is 7.18. The van der Waals surface area contributed by atoms with E-state index in [2.05, 4.69) is 20.2 Å². The summed E-state index contributed by atoms with van der Waals surface area (Å²) in [6, 6.07) is 0.447. The molecule has 0 spiro atoms. The van der Waals surface area contributed by atoms with Crippen molar-refractivity contribution in [3.8, 4) is 6.01 Å². The molecular weight excluding hydrogens is 264 g/mol. The van der Waals surface area contributed by atoms with Gasteiger partial charge < -0.3 is 10.1 Å². The molecule has 5 nitrogen and oxygen atoms in total. The molecule has 5 heteroatoms. The van der Waals surface area contributed by atoms with Crippen LogP contribution in [0.4, 0.5) is 0 Å². The van der Waals surface area contributed by atoms with Gasteiger partial charge in [0.15, 0.2) is 0 Å². The monoisotopic (exact) mass is 290 g/mol. The number of nitrogens with zero attached hydrogens (tertiary/aromatic N) is 3. The van der Waals surface area contributed by atoms with Crippen molar-refractivity contribution in [1.82, 2.24) is 20.2 Å². The predicted octanol–water partition coefficient (Wildman–Crippen LogP) is 1.70. The summed E-state index contributed by atoms with van der Waals surface area (Å²) >= 11 is 0. The molecule has 2 saturated heterocycles. The Kier molecular flexibility index (Phi) is 5.04. The highest BCUT2D eigenvalue weighted by atomic mass is 16.5. The van der Waals surface area contributed by atoms with Gasteiger partial charge in [-0.15, -0.1) is 0 Å². The summed E-state index contributed by atoms with van der Waals surface area (Å²) in [6.07, 6.45) is 9.21. The first-order valence-electron chi connectivity index (χ1n) is 8.13. The molecule has 3 rings (SSSR count). The topological polar surface area (TPSA) is 50.3 Å². The van der Waals surface area contributed by atoms with Gasteiger partial charge in [-0.2, -0.15) is 0 Å². The lowest BCUT2D eigenvalue weighted by molar-refractivity contribution is 0.128. The van der Waals surface area contributed by atoms with Crippen molar-refractivity contribution < 1.29 is 4.74 Å². The number of likely N-dealkylation sites (tertiary alicyclic amines) is 1. The molecule has 0 amide bonds. The molecular formula is C16H26N4O. The second-order valence-electron chi connectivity index (χ2n) is 6.30. The maximum absolute atomic E-state index is 5.00. The molecule has 2 aliphatic rings. The molecule has 1 unspecified atom stereocenters. The molecule has 21 heavy (non-hydrogen) atoms. The van der Waals surface area contributed by atoms with E-state index in [4.69, 9.17) is 4.74 Å². The van der Waals surface area contributed by atoms with Gasteiger partial charge in [-0.25, -0.2) is 9.97 Å². The van der Waals surface area contributed by atoms with Crippen LogP contribution >= 0.6 is 0 Å². The van der Waals surface area contributed by atoms with Gasteiger partial charge in [0.25, 0.3) is 0 Å². The molecule has 2 aliphatic heterocycles. The van der Waals surface area contributed by atoms with Crippen molar-refractivity contribution in [1.29, 1.82) is 0 Å². The molecule has 0 aromatic carbocycles. The second-order valence-corrected chi connectivity index (χ2v) is 6.30. The van der Waals surface area contributed by atoms with Crippen molar-refractivity contribution in [3.05, 3.63) is 18.0 Å². The highest BCUT2D eigenvalue weighted by Crippen LogP contribution is 2.29. The van der Waals surface area contributed by atoms with Crippen LogP contribution in [0.1, 0.15) is 31.2 Å². The minimum absolute atomic E-state index is 0.447. The Labute approximate surface area is 127 Å². The van der Waals surface area contributed by atoms with Gasteiger partial charge in [0.05, 0.1) is 7.11 Å². The number of hydrogen-bond donors (Lipinski definition) is 1. The van der Waals surface area contributed by atoms with Crippen molar-refractivity contribution in [2.24, 2.45) is 11.8 Å². The largest absolute Gasteiger partial charge is 0.467 e. The normalized spacial score (nSPS) is 24.9. The molecule has 0 radical (unpaired) electrons.